The van der Waals surface area contributed by atoms with Crippen molar-refractivity contribution in [1.82, 2.24) is 4.90 Å². The van der Waals surface area contributed by atoms with E-state index in [9.17, 15) is 4.79 Å². The SMILES string of the molecule is COCCN(C(=O)c1occc1C(C)C)C1CCOC1C. The average Bonchev–Trinajstić information content (AvgIpc) is 3.08. The Balaban J connectivity index is 2.23. The zero-order chi connectivity index (χ0) is 15.4. The van der Waals surface area contributed by atoms with E-state index < -0.39 is 0 Å². The number of rotatable bonds is 6. The maximum Gasteiger partial charge on any atom is 0.290 e. The zero-order valence-electron chi connectivity index (χ0n) is 13.3. The maximum absolute atomic E-state index is 12.9. The van der Waals surface area contributed by atoms with E-state index in [0.717, 1.165) is 12.0 Å². The summed E-state index contributed by atoms with van der Waals surface area (Å²) in [6.07, 6.45) is 2.49. The van der Waals surface area contributed by atoms with Crippen molar-refractivity contribution in [2.45, 2.75) is 45.3 Å². The molecule has 1 aliphatic rings. The molecule has 0 N–H and O–H groups in total. The monoisotopic (exact) mass is 295 g/mol. The van der Waals surface area contributed by atoms with Crippen molar-refractivity contribution in [1.29, 1.82) is 0 Å². The molecule has 1 aromatic rings. The van der Waals surface area contributed by atoms with Crippen molar-refractivity contribution in [2.24, 2.45) is 0 Å². The van der Waals surface area contributed by atoms with E-state index in [-0.39, 0.29) is 24.0 Å². The molecule has 0 aliphatic carbocycles. The van der Waals surface area contributed by atoms with Gasteiger partial charge in [-0.1, -0.05) is 13.8 Å². The van der Waals surface area contributed by atoms with Gasteiger partial charge in [0.1, 0.15) is 0 Å². The highest BCUT2D eigenvalue weighted by atomic mass is 16.5. The highest BCUT2D eigenvalue weighted by Gasteiger charge is 2.35. The molecule has 2 heterocycles. The second-order valence-corrected chi connectivity index (χ2v) is 5.78. The minimum absolute atomic E-state index is 0.0447. The van der Waals surface area contributed by atoms with Crippen LogP contribution in [0.2, 0.25) is 0 Å². The average molecular weight is 295 g/mol. The van der Waals surface area contributed by atoms with Gasteiger partial charge in [0, 0.05) is 25.8 Å². The van der Waals surface area contributed by atoms with Crippen LogP contribution in [0.5, 0.6) is 0 Å². The van der Waals surface area contributed by atoms with Crippen molar-refractivity contribution < 1.29 is 18.7 Å². The first-order valence-electron chi connectivity index (χ1n) is 7.55. The molecule has 0 spiro atoms. The fourth-order valence-corrected chi connectivity index (χ4v) is 2.82. The normalized spacial score (nSPS) is 22.0. The van der Waals surface area contributed by atoms with Gasteiger partial charge in [-0.05, 0) is 25.3 Å². The summed E-state index contributed by atoms with van der Waals surface area (Å²) < 4.78 is 16.2. The third kappa shape index (κ3) is 3.47. The molecule has 1 aliphatic heterocycles. The fraction of sp³-hybridized carbons (Fsp3) is 0.688. The Kier molecular flexibility index (Phi) is 5.42. The smallest absolute Gasteiger partial charge is 0.290 e. The van der Waals surface area contributed by atoms with Crippen LogP contribution in [0.25, 0.3) is 0 Å². The second kappa shape index (κ2) is 7.09. The summed E-state index contributed by atoms with van der Waals surface area (Å²) in [5, 5.41) is 0. The predicted octanol–water partition coefficient (Wildman–Crippen LogP) is 2.67. The first-order valence-corrected chi connectivity index (χ1v) is 7.55. The lowest BCUT2D eigenvalue weighted by atomic mass is 10.0. The van der Waals surface area contributed by atoms with Crippen LogP contribution in [0.4, 0.5) is 0 Å². The largest absolute Gasteiger partial charge is 0.459 e. The standard InChI is InChI=1S/C16H25NO4/c1-11(2)13-5-8-21-15(13)16(18)17(7-10-19-4)14-6-9-20-12(14)3/h5,8,11-12,14H,6-7,9-10H2,1-4H3. The predicted molar refractivity (Wildman–Crippen MR) is 79.5 cm³/mol. The fourth-order valence-electron chi connectivity index (χ4n) is 2.82. The number of methoxy groups -OCH3 is 1. The summed E-state index contributed by atoms with van der Waals surface area (Å²) in [5.74, 6) is 0.632. The van der Waals surface area contributed by atoms with E-state index in [1.807, 2.05) is 17.9 Å². The lowest BCUT2D eigenvalue weighted by molar-refractivity contribution is 0.0399. The molecule has 0 radical (unpaired) electrons. The van der Waals surface area contributed by atoms with Crippen LogP contribution in [-0.2, 0) is 9.47 Å². The molecule has 2 rings (SSSR count). The first kappa shape index (κ1) is 16.0. The molecule has 1 amide bonds. The summed E-state index contributed by atoms with van der Waals surface area (Å²) >= 11 is 0. The van der Waals surface area contributed by atoms with Crippen molar-refractivity contribution in [2.75, 3.05) is 26.9 Å². The number of ether oxygens (including phenoxy) is 2. The molecule has 0 aromatic carbocycles. The Morgan fingerprint density at radius 2 is 2.29 bits per heavy atom. The zero-order valence-corrected chi connectivity index (χ0v) is 13.3. The molecule has 21 heavy (non-hydrogen) atoms. The highest BCUT2D eigenvalue weighted by Crippen LogP contribution is 2.26. The second-order valence-electron chi connectivity index (χ2n) is 5.78. The van der Waals surface area contributed by atoms with Gasteiger partial charge in [-0.25, -0.2) is 0 Å². The van der Waals surface area contributed by atoms with Crippen molar-refractivity contribution in [3.8, 4) is 0 Å². The van der Waals surface area contributed by atoms with E-state index in [0.29, 0.717) is 25.5 Å². The maximum atomic E-state index is 12.9. The Bertz CT molecular complexity index is 469. The van der Waals surface area contributed by atoms with Crippen LogP contribution < -0.4 is 0 Å². The number of nitrogens with zero attached hydrogens (tertiary/aromatic N) is 1. The Labute approximate surface area is 126 Å². The van der Waals surface area contributed by atoms with Crippen LogP contribution in [0.15, 0.2) is 16.7 Å². The van der Waals surface area contributed by atoms with Crippen LogP contribution in [-0.4, -0.2) is 49.8 Å². The van der Waals surface area contributed by atoms with E-state index in [1.165, 1.54) is 0 Å². The van der Waals surface area contributed by atoms with E-state index in [1.54, 1.807) is 13.4 Å². The van der Waals surface area contributed by atoms with Gasteiger partial charge in [-0.15, -0.1) is 0 Å². The molecule has 0 bridgehead atoms. The van der Waals surface area contributed by atoms with Gasteiger partial charge in [0.05, 0.1) is 25.0 Å². The Morgan fingerprint density at radius 1 is 1.52 bits per heavy atom. The van der Waals surface area contributed by atoms with Gasteiger partial charge < -0.3 is 18.8 Å². The van der Waals surface area contributed by atoms with Crippen molar-refractivity contribution >= 4 is 5.91 Å². The first-order chi connectivity index (χ1) is 10.1. The van der Waals surface area contributed by atoms with E-state index in [2.05, 4.69) is 13.8 Å². The molecule has 1 fully saturated rings. The Hall–Kier alpha value is -1.33. The van der Waals surface area contributed by atoms with E-state index >= 15 is 0 Å². The molecule has 5 heteroatoms. The molecule has 5 nitrogen and oxygen atoms in total. The number of furan rings is 1. The Morgan fingerprint density at radius 3 is 2.86 bits per heavy atom. The van der Waals surface area contributed by atoms with Crippen molar-refractivity contribution in [3.05, 3.63) is 23.7 Å². The van der Waals surface area contributed by atoms with Gasteiger partial charge in [-0.3, -0.25) is 4.79 Å². The molecule has 1 aromatic heterocycles. The summed E-state index contributed by atoms with van der Waals surface area (Å²) in [5.41, 5.74) is 0.953. The van der Waals surface area contributed by atoms with Crippen LogP contribution in [0.3, 0.4) is 0 Å². The number of hydrogen-bond donors (Lipinski definition) is 0. The van der Waals surface area contributed by atoms with Crippen LogP contribution in [0.1, 0.15) is 49.2 Å². The van der Waals surface area contributed by atoms with Gasteiger partial charge in [0.2, 0.25) is 0 Å². The lowest BCUT2D eigenvalue weighted by Crippen LogP contribution is -2.45. The van der Waals surface area contributed by atoms with Gasteiger partial charge in [0.15, 0.2) is 5.76 Å². The summed E-state index contributed by atoms with van der Waals surface area (Å²) in [4.78, 5) is 14.7. The van der Waals surface area contributed by atoms with Crippen molar-refractivity contribution in [3.63, 3.8) is 0 Å². The minimum Gasteiger partial charge on any atom is -0.459 e. The molecule has 0 saturated carbocycles. The summed E-state index contributed by atoms with van der Waals surface area (Å²) in [6.45, 7) is 7.87. The number of amides is 1. The molecule has 2 unspecified atom stereocenters. The van der Waals surface area contributed by atoms with Gasteiger partial charge in [0.25, 0.3) is 5.91 Å². The van der Waals surface area contributed by atoms with Crippen LogP contribution >= 0.6 is 0 Å². The third-order valence-electron chi connectivity index (χ3n) is 4.05. The highest BCUT2D eigenvalue weighted by molar-refractivity contribution is 5.93. The summed E-state index contributed by atoms with van der Waals surface area (Å²) in [6, 6.07) is 1.96. The quantitative estimate of drug-likeness (QED) is 0.809. The molecule has 2 atom stereocenters. The third-order valence-corrected chi connectivity index (χ3v) is 4.05. The molecule has 118 valence electrons. The van der Waals surface area contributed by atoms with Gasteiger partial charge >= 0.3 is 0 Å². The van der Waals surface area contributed by atoms with Crippen LogP contribution in [0, 0.1) is 0 Å². The minimum atomic E-state index is -0.0666. The van der Waals surface area contributed by atoms with E-state index in [4.69, 9.17) is 13.9 Å². The lowest BCUT2D eigenvalue weighted by Gasteiger charge is -2.30. The molecule has 1 saturated heterocycles. The number of carbonyl (C=O) groups is 1. The molecular weight excluding hydrogens is 270 g/mol. The molecular formula is C16H25NO4. The summed E-state index contributed by atoms with van der Waals surface area (Å²) in [7, 11) is 1.64. The number of carbonyl (C=O) groups excluding carboxylic acids is 1. The number of hydrogen-bond acceptors (Lipinski definition) is 4. The topological polar surface area (TPSA) is 51.9 Å². The van der Waals surface area contributed by atoms with Gasteiger partial charge in [-0.2, -0.15) is 0 Å².